The number of halogens is 2. The predicted molar refractivity (Wildman–Crippen MR) is 70.1 cm³/mol. The molecule has 1 fully saturated rings. The van der Waals surface area contributed by atoms with Crippen LogP contribution >= 0.6 is 0 Å². The monoisotopic (exact) mass is 270 g/mol. The molecule has 0 radical (unpaired) electrons. The van der Waals surface area contributed by atoms with Gasteiger partial charge >= 0.3 is 0 Å². The molecule has 1 aromatic carbocycles. The van der Waals surface area contributed by atoms with Crippen LogP contribution in [0.15, 0.2) is 12.1 Å². The SMILES string of the molecule is CNC(c1c(F)ccc(C)c1F)C1CN(C)CCO1. The highest BCUT2D eigenvalue weighted by Crippen LogP contribution is 2.28. The number of hydrogen-bond acceptors (Lipinski definition) is 3. The van der Waals surface area contributed by atoms with Gasteiger partial charge in [-0.05, 0) is 32.6 Å². The van der Waals surface area contributed by atoms with E-state index >= 15 is 0 Å². The van der Waals surface area contributed by atoms with Crippen LogP contribution < -0.4 is 5.32 Å². The van der Waals surface area contributed by atoms with Crippen LogP contribution in [0.25, 0.3) is 0 Å². The molecule has 0 amide bonds. The summed E-state index contributed by atoms with van der Waals surface area (Å²) in [5.41, 5.74) is 0.517. The third-order valence-electron chi connectivity index (χ3n) is 3.61. The first-order valence-corrected chi connectivity index (χ1v) is 6.46. The molecule has 106 valence electrons. The molecule has 1 aromatic rings. The van der Waals surface area contributed by atoms with E-state index in [9.17, 15) is 8.78 Å². The summed E-state index contributed by atoms with van der Waals surface area (Å²) in [6.07, 6.45) is -0.255. The minimum Gasteiger partial charge on any atom is -0.374 e. The summed E-state index contributed by atoms with van der Waals surface area (Å²) in [6, 6.07) is 2.28. The van der Waals surface area contributed by atoms with Gasteiger partial charge < -0.3 is 15.0 Å². The van der Waals surface area contributed by atoms with Crippen molar-refractivity contribution in [2.75, 3.05) is 33.8 Å². The average molecular weight is 270 g/mol. The van der Waals surface area contributed by atoms with Crippen molar-refractivity contribution in [2.24, 2.45) is 0 Å². The van der Waals surface area contributed by atoms with Crippen LogP contribution in [0.2, 0.25) is 0 Å². The molecule has 1 aliphatic rings. The summed E-state index contributed by atoms with van der Waals surface area (Å²) < 4.78 is 33.8. The van der Waals surface area contributed by atoms with Gasteiger partial charge in [-0.1, -0.05) is 6.07 Å². The lowest BCUT2D eigenvalue weighted by atomic mass is 9.97. The zero-order chi connectivity index (χ0) is 14.0. The highest BCUT2D eigenvalue weighted by molar-refractivity contribution is 5.30. The molecule has 1 N–H and O–H groups in total. The van der Waals surface area contributed by atoms with Gasteiger partial charge in [0.2, 0.25) is 0 Å². The Labute approximate surface area is 112 Å². The fourth-order valence-electron chi connectivity index (χ4n) is 2.49. The first-order chi connectivity index (χ1) is 9.04. The highest BCUT2D eigenvalue weighted by atomic mass is 19.1. The lowest BCUT2D eigenvalue weighted by Crippen LogP contribution is -2.46. The Hall–Kier alpha value is -1.04. The molecule has 0 bridgehead atoms. The van der Waals surface area contributed by atoms with E-state index in [1.165, 1.54) is 12.1 Å². The van der Waals surface area contributed by atoms with Crippen molar-refractivity contribution in [3.8, 4) is 0 Å². The van der Waals surface area contributed by atoms with Crippen molar-refractivity contribution in [2.45, 2.75) is 19.1 Å². The molecule has 1 saturated heterocycles. The fourth-order valence-corrected chi connectivity index (χ4v) is 2.49. The van der Waals surface area contributed by atoms with Crippen molar-refractivity contribution in [3.05, 3.63) is 34.9 Å². The lowest BCUT2D eigenvalue weighted by Gasteiger charge is -2.35. The lowest BCUT2D eigenvalue weighted by molar-refractivity contribution is -0.0391. The fraction of sp³-hybridized carbons (Fsp3) is 0.571. The van der Waals surface area contributed by atoms with Crippen molar-refractivity contribution < 1.29 is 13.5 Å². The van der Waals surface area contributed by atoms with Crippen molar-refractivity contribution >= 4 is 0 Å². The summed E-state index contributed by atoms with van der Waals surface area (Å²) in [5.74, 6) is -1.02. The molecule has 2 unspecified atom stereocenters. The molecule has 0 aliphatic carbocycles. The van der Waals surface area contributed by atoms with Gasteiger partial charge in [-0.25, -0.2) is 8.78 Å². The molecule has 0 aromatic heterocycles. The summed E-state index contributed by atoms with van der Waals surface area (Å²) in [5, 5.41) is 2.99. The van der Waals surface area contributed by atoms with E-state index in [1.807, 2.05) is 7.05 Å². The van der Waals surface area contributed by atoms with E-state index in [2.05, 4.69) is 10.2 Å². The second kappa shape index (κ2) is 5.94. The van der Waals surface area contributed by atoms with Crippen LogP contribution in [0.4, 0.5) is 8.78 Å². The molecule has 19 heavy (non-hydrogen) atoms. The smallest absolute Gasteiger partial charge is 0.133 e. The number of morpholine rings is 1. The van der Waals surface area contributed by atoms with E-state index in [4.69, 9.17) is 4.74 Å². The molecule has 3 nitrogen and oxygen atoms in total. The van der Waals surface area contributed by atoms with Gasteiger partial charge in [0.1, 0.15) is 11.6 Å². The Balaban J connectivity index is 2.34. The number of hydrogen-bond donors (Lipinski definition) is 1. The van der Waals surface area contributed by atoms with Gasteiger partial charge in [-0.3, -0.25) is 0 Å². The summed E-state index contributed by atoms with van der Waals surface area (Å²) >= 11 is 0. The van der Waals surface area contributed by atoms with E-state index in [1.54, 1.807) is 14.0 Å². The largest absolute Gasteiger partial charge is 0.374 e. The predicted octanol–water partition coefficient (Wildman–Crippen LogP) is 1.86. The molecule has 2 rings (SSSR count). The first-order valence-electron chi connectivity index (χ1n) is 6.46. The Kier molecular flexibility index (Phi) is 4.50. The van der Waals surface area contributed by atoms with Crippen LogP contribution in [0, 0.1) is 18.6 Å². The molecule has 0 saturated carbocycles. The van der Waals surface area contributed by atoms with Gasteiger partial charge in [-0.15, -0.1) is 0 Å². The topological polar surface area (TPSA) is 24.5 Å². The second-order valence-electron chi connectivity index (χ2n) is 5.03. The third-order valence-corrected chi connectivity index (χ3v) is 3.61. The van der Waals surface area contributed by atoms with Gasteiger partial charge in [0.15, 0.2) is 0 Å². The number of ether oxygens (including phenoxy) is 1. The Morgan fingerprint density at radius 3 is 2.79 bits per heavy atom. The van der Waals surface area contributed by atoms with Crippen molar-refractivity contribution in [1.29, 1.82) is 0 Å². The van der Waals surface area contributed by atoms with Crippen molar-refractivity contribution in [1.82, 2.24) is 10.2 Å². The van der Waals surface area contributed by atoms with Crippen LogP contribution in [0.1, 0.15) is 17.2 Å². The molecule has 1 aliphatic heterocycles. The Morgan fingerprint density at radius 2 is 2.16 bits per heavy atom. The molecular weight excluding hydrogens is 250 g/mol. The highest BCUT2D eigenvalue weighted by Gasteiger charge is 2.31. The van der Waals surface area contributed by atoms with Crippen LogP contribution in [0.5, 0.6) is 0 Å². The van der Waals surface area contributed by atoms with Gasteiger partial charge in [0.05, 0.1) is 18.8 Å². The Bertz CT molecular complexity index is 453. The Morgan fingerprint density at radius 1 is 1.42 bits per heavy atom. The summed E-state index contributed by atoms with van der Waals surface area (Å²) in [4.78, 5) is 2.10. The molecule has 2 atom stereocenters. The minimum atomic E-state index is -0.528. The maximum Gasteiger partial charge on any atom is 0.133 e. The number of rotatable bonds is 3. The maximum absolute atomic E-state index is 14.2. The minimum absolute atomic E-state index is 0.0720. The quantitative estimate of drug-likeness (QED) is 0.907. The van der Waals surface area contributed by atoms with Crippen LogP contribution in [-0.2, 0) is 4.74 Å². The van der Waals surface area contributed by atoms with E-state index in [0.717, 1.165) is 6.54 Å². The van der Waals surface area contributed by atoms with Gasteiger partial charge in [0, 0.05) is 18.7 Å². The number of nitrogens with one attached hydrogen (secondary N) is 1. The van der Waals surface area contributed by atoms with E-state index in [-0.39, 0.29) is 11.7 Å². The number of aryl methyl sites for hydroxylation is 1. The number of benzene rings is 1. The average Bonchev–Trinajstić information content (AvgIpc) is 2.39. The second-order valence-corrected chi connectivity index (χ2v) is 5.03. The van der Waals surface area contributed by atoms with E-state index < -0.39 is 17.7 Å². The zero-order valence-electron chi connectivity index (χ0n) is 11.5. The summed E-state index contributed by atoms with van der Waals surface area (Å²) in [6.45, 7) is 3.71. The van der Waals surface area contributed by atoms with Gasteiger partial charge in [-0.2, -0.15) is 0 Å². The zero-order valence-corrected chi connectivity index (χ0v) is 11.5. The standard InChI is InChI=1S/C14H20F2N2O/c1-9-4-5-10(15)12(13(9)16)14(17-2)11-8-18(3)6-7-19-11/h4-5,11,14,17H,6-8H2,1-3H3. The summed E-state index contributed by atoms with van der Waals surface area (Å²) in [7, 11) is 3.68. The van der Waals surface area contributed by atoms with Gasteiger partial charge in [0.25, 0.3) is 0 Å². The first kappa shape index (κ1) is 14.4. The maximum atomic E-state index is 14.2. The molecule has 0 spiro atoms. The van der Waals surface area contributed by atoms with Crippen LogP contribution in [-0.4, -0.2) is 44.8 Å². The molecular formula is C14H20F2N2O. The molecule has 5 heteroatoms. The van der Waals surface area contributed by atoms with Crippen molar-refractivity contribution in [3.63, 3.8) is 0 Å². The normalized spacial score (nSPS) is 22.5. The molecule has 1 heterocycles. The number of nitrogens with zero attached hydrogens (tertiary/aromatic N) is 1. The number of likely N-dealkylation sites (N-methyl/N-ethyl adjacent to an activating group) is 2. The van der Waals surface area contributed by atoms with E-state index in [0.29, 0.717) is 18.7 Å². The third kappa shape index (κ3) is 2.94. The van der Waals surface area contributed by atoms with Crippen LogP contribution in [0.3, 0.4) is 0 Å².